The molecule has 2 rings (SSSR count). The lowest BCUT2D eigenvalue weighted by Crippen LogP contribution is -2.52. The van der Waals surface area contributed by atoms with Crippen LogP contribution in [0.15, 0.2) is 0 Å². The first-order valence-corrected chi connectivity index (χ1v) is 8.25. The minimum Gasteiger partial charge on any atom is -0.350 e. The first-order valence-electron chi connectivity index (χ1n) is 8.25. The standard InChI is InChI=1S/C18H28O3/c1-4-5-7-10-15(19)17(2,3)16-11-14-20-18(21-16)12-8-6-9-13-18/h16H,6-14H2,1-3H3/t16-/m0/s1. The summed E-state index contributed by atoms with van der Waals surface area (Å²) in [5.74, 6) is 5.66. The van der Waals surface area contributed by atoms with Crippen molar-refractivity contribution in [1.29, 1.82) is 0 Å². The molecule has 0 unspecified atom stereocenters. The van der Waals surface area contributed by atoms with Crippen LogP contribution in [0.2, 0.25) is 0 Å². The maximum atomic E-state index is 12.5. The highest BCUT2D eigenvalue weighted by molar-refractivity contribution is 5.84. The van der Waals surface area contributed by atoms with Crippen LogP contribution in [0.3, 0.4) is 0 Å². The van der Waals surface area contributed by atoms with Crippen LogP contribution in [0.25, 0.3) is 0 Å². The molecule has 21 heavy (non-hydrogen) atoms. The fourth-order valence-electron chi connectivity index (χ4n) is 3.37. The Kier molecular flexibility index (Phi) is 5.46. The van der Waals surface area contributed by atoms with Gasteiger partial charge in [0.25, 0.3) is 0 Å². The molecule has 0 amide bonds. The summed E-state index contributed by atoms with van der Waals surface area (Å²) in [6, 6.07) is 0. The maximum Gasteiger partial charge on any atom is 0.168 e. The number of hydrogen-bond acceptors (Lipinski definition) is 3. The van der Waals surface area contributed by atoms with Gasteiger partial charge in [0.2, 0.25) is 0 Å². The second kappa shape index (κ2) is 6.94. The molecule has 1 aliphatic heterocycles. The Labute approximate surface area is 128 Å². The molecule has 1 spiro atoms. The van der Waals surface area contributed by atoms with Gasteiger partial charge in [-0.25, -0.2) is 0 Å². The second-order valence-corrected chi connectivity index (χ2v) is 6.79. The van der Waals surface area contributed by atoms with Gasteiger partial charge in [-0.3, -0.25) is 4.79 Å². The molecule has 1 heterocycles. The van der Waals surface area contributed by atoms with Crippen LogP contribution < -0.4 is 0 Å². The molecule has 118 valence electrons. The van der Waals surface area contributed by atoms with E-state index in [1.807, 2.05) is 20.8 Å². The second-order valence-electron chi connectivity index (χ2n) is 6.79. The smallest absolute Gasteiger partial charge is 0.168 e. The average Bonchev–Trinajstić information content (AvgIpc) is 2.48. The van der Waals surface area contributed by atoms with Crippen molar-refractivity contribution in [1.82, 2.24) is 0 Å². The lowest BCUT2D eigenvalue weighted by molar-refractivity contribution is -0.318. The molecule has 1 aliphatic carbocycles. The maximum absolute atomic E-state index is 12.5. The molecule has 0 bridgehead atoms. The molecule has 0 aromatic heterocycles. The topological polar surface area (TPSA) is 35.5 Å². The Morgan fingerprint density at radius 2 is 2.00 bits per heavy atom. The van der Waals surface area contributed by atoms with Gasteiger partial charge in [0.05, 0.1) is 12.7 Å². The van der Waals surface area contributed by atoms with Gasteiger partial charge >= 0.3 is 0 Å². The molecule has 0 radical (unpaired) electrons. The van der Waals surface area contributed by atoms with E-state index in [2.05, 4.69) is 11.8 Å². The molecule has 0 N–H and O–H groups in total. The lowest BCUT2D eigenvalue weighted by atomic mass is 9.78. The van der Waals surface area contributed by atoms with Gasteiger partial charge in [-0.05, 0) is 26.2 Å². The molecule has 0 aromatic carbocycles. The molecule has 2 aliphatic rings. The molecule has 3 nitrogen and oxygen atoms in total. The molecular weight excluding hydrogens is 264 g/mol. The fourth-order valence-corrected chi connectivity index (χ4v) is 3.37. The van der Waals surface area contributed by atoms with Gasteiger partial charge in [-0.1, -0.05) is 20.3 Å². The van der Waals surface area contributed by atoms with E-state index >= 15 is 0 Å². The van der Waals surface area contributed by atoms with E-state index in [0.717, 1.165) is 32.1 Å². The predicted octanol–water partition coefficient (Wildman–Crippen LogP) is 3.85. The summed E-state index contributed by atoms with van der Waals surface area (Å²) >= 11 is 0. The largest absolute Gasteiger partial charge is 0.350 e. The van der Waals surface area contributed by atoms with Crippen LogP contribution in [0.5, 0.6) is 0 Å². The summed E-state index contributed by atoms with van der Waals surface area (Å²) in [7, 11) is 0. The third-order valence-electron chi connectivity index (χ3n) is 4.89. The number of rotatable bonds is 4. The van der Waals surface area contributed by atoms with E-state index in [1.165, 1.54) is 6.42 Å². The Morgan fingerprint density at radius 3 is 2.67 bits per heavy atom. The van der Waals surface area contributed by atoms with Crippen molar-refractivity contribution >= 4 is 5.78 Å². The zero-order chi connectivity index (χ0) is 15.3. The van der Waals surface area contributed by atoms with Gasteiger partial charge < -0.3 is 9.47 Å². The third-order valence-corrected chi connectivity index (χ3v) is 4.89. The SMILES string of the molecule is CC#CCCC(=O)C(C)(C)[C@@H]1CCOC2(CCCCC2)O1. The Balaban J connectivity index is 2.00. The zero-order valence-corrected chi connectivity index (χ0v) is 13.7. The average molecular weight is 292 g/mol. The van der Waals surface area contributed by atoms with E-state index < -0.39 is 11.2 Å². The summed E-state index contributed by atoms with van der Waals surface area (Å²) < 4.78 is 12.3. The van der Waals surface area contributed by atoms with Crippen molar-refractivity contribution in [3.05, 3.63) is 0 Å². The van der Waals surface area contributed by atoms with Crippen molar-refractivity contribution < 1.29 is 14.3 Å². The van der Waals surface area contributed by atoms with Crippen LogP contribution in [-0.4, -0.2) is 24.3 Å². The summed E-state index contributed by atoms with van der Waals surface area (Å²) in [6.45, 7) is 6.54. The molecule has 1 saturated heterocycles. The number of Topliss-reactive ketones (excluding diaryl/α,β-unsaturated/α-hetero) is 1. The van der Waals surface area contributed by atoms with Crippen LogP contribution in [0.1, 0.15) is 72.1 Å². The summed E-state index contributed by atoms with van der Waals surface area (Å²) in [6.07, 6.45) is 7.45. The number of carbonyl (C=O) groups excluding carboxylic acids is 1. The van der Waals surface area contributed by atoms with Crippen molar-refractivity contribution in [2.45, 2.75) is 84.0 Å². The highest BCUT2D eigenvalue weighted by Crippen LogP contribution is 2.42. The van der Waals surface area contributed by atoms with Crippen LogP contribution >= 0.6 is 0 Å². The number of carbonyl (C=O) groups is 1. The third kappa shape index (κ3) is 3.87. The monoisotopic (exact) mass is 292 g/mol. The first-order chi connectivity index (χ1) is 10.0. The summed E-state index contributed by atoms with van der Waals surface area (Å²) in [5, 5.41) is 0. The van der Waals surface area contributed by atoms with Gasteiger partial charge in [0.1, 0.15) is 5.78 Å². The summed E-state index contributed by atoms with van der Waals surface area (Å²) in [4.78, 5) is 12.5. The van der Waals surface area contributed by atoms with Gasteiger partial charge in [0.15, 0.2) is 5.79 Å². The van der Waals surface area contributed by atoms with Gasteiger partial charge in [0, 0.05) is 31.1 Å². The van der Waals surface area contributed by atoms with E-state index in [-0.39, 0.29) is 11.9 Å². The number of ketones is 1. The van der Waals surface area contributed by atoms with Crippen molar-refractivity contribution in [3.63, 3.8) is 0 Å². The van der Waals surface area contributed by atoms with Gasteiger partial charge in [-0.15, -0.1) is 11.8 Å². The molecular formula is C18H28O3. The Hall–Kier alpha value is -0.850. The quantitative estimate of drug-likeness (QED) is 0.738. The highest BCUT2D eigenvalue weighted by atomic mass is 16.7. The first kappa shape index (κ1) is 16.5. The van der Waals surface area contributed by atoms with Crippen molar-refractivity contribution in [2.75, 3.05) is 6.61 Å². The van der Waals surface area contributed by atoms with E-state index in [4.69, 9.17) is 9.47 Å². The van der Waals surface area contributed by atoms with E-state index in [0.29, 0.717) is 19.4 Å². The fraction of sp³-hybridized carbons (Fsp3) is 0.833. The molecule has 3 heteroatoms. The molecule has 0 aromatic rings. The van der Waals surface area contributed by atoms with E-state index in [1.54, 1.807) is 0 Å². The number of ether oxygens (including phenoxy) is 2. The van der Waals surface area contributed by atoms with Crippen molar-refractivity contribution in [3.8, 4) is 11.8 Å². The van der Waals surface area contributed by atoms with Crippen molar-refractivity contribution in [2.24, 2.45) is 5.41 Å². The normalized spacial score (nSPS) is 25.2. The Morgan fingerprint density at radius 1 is 1.29 bits per heavy atom. The number of hydrogen-bond donors (Lipinski definition) is 0. The Bertz CT molecular complexity index is 416. The highest BCUT2D eigenvalue weighted by Gasteiger charge is 2.46. The minimum absolute atomic E-state index is 0.0357. The van der Waals surface area contributed by atoms with E-state index in [9.17, 15) is 4.79 Å². The zero-order valence-electron chi connectivity index (χ0n) is 13.7. The molecule has 2 fully saturated rings. The molecule has 1 atom stereocenters. The van der Waals surface area contributed by atoms with Gasteiger partial charge in [-0.2, -0.15) is 0 Å². The predicted molar refractivity (Wildman–Crippen MR) is 82.7 cm³/mol. The lowest BCUT2D eigenvalue weighted by Gasteiger charge is -2.47. The summed E-state index contributed by atoms with van der Waals surface area (Å²) in [5.41, 5.74) is -0.455. The van der Waals surface area contributed by atoms with Crippen LogP contribution in [0.4, 0.5) is 0 Å². The minimum atomic E-state index is -0.455. The van der Waals surface area contributed by atoms with Crippen LogP contribution in [0, 0.1) is 17.3 Å². The van der Waals surface area contributed by atoms with Crippen LogP contribution in [-0.2, 0) is 14.3 Å². The molecule has 1 saturated carbocycles.